The van der Waals surface area contributed by atoms with E-state index in [4.69, 9.17) is 0 Å². The summed E-state index contributed by atoms with van der Waals surface area (Å²) in [6.07, 6.45) is 5.29. The minimum atomic E-state index is -0.541. The van der Waals surface area contributed by atoms with Gasteiger partial charge in [0.05, 0.1) is 6.33 Å². The molecule has 24 heavy (non-hydrogen) atoms. The summed E-state index contributed by atoms with van der Waals surface area (Å²) in [4.78, 5) is 17.7. The monoisotopic (exact) mass is 325 g/mol. The van der Waals surface area contributed by atoms with Gasteiger partial charge in [-0.25, -0.2) is 4.98 Å². The van der Waals surface area contributed by atoms with E-state index in [1.807, 2.05) is 48.0 Å². The number of amides is 1. The van der Waals surface area contributed by atoms with Gasteiger partial charge < -0.3 is 9.88 Å². The Morgan fingerprint density at radius 1 is 1.25 bits per heavy atom. The molecule has 0 spiro atoms. The first kappa shape index (κ1) is 15.9. The topological polar surface area (TPSA) is 90.5 Å². The molecule has 2 atom stereocenters. The smallest absolute Gasteiger partial charge is 0.246 e. The summed E-state index contributed by atoms with van der Waals surface area (Å²) in [6.45, 7) is 4.34. The van der Waals surface area contributed by atoms with Crippen LogP contribution in [-0.2, 0) is 11.3 Å². The molecule has 0 aliphatic rings. The van der Waals surface area contributed by atoms with Crippen molar-refractivity contribution in [3.05, 3.63) is 49.1 Å². The maximum Gasteiger partial charge on any atom is 0.246 e. The highest BCUT2D eigenvalue weighted by molar-refractivity contribution is 5.79. The van der Waals surface area contributed by atoms with Gasteiger partial charge in [-0.05, 0) is 19.1 Å². The Labute approximate surface area is 139 Å². The zero-order chi connectivity index (χ0) is 16.9. The highest BCUT2D eigenvalue weighted by atomic mass is 16.2. The van der Waals surface area contributed by atoms with E-state index in [0.29, 0.717) is 12.4 Å². The maximum atomic E-state index is 12.4. The number of nitrogens with one attached hydrogen (secondary N) is 1. The van der Waals surface area contributed by atoms with E-state index in [2.05, 4.69) is 25.7 Å². The Bertz CT molecular complexity index is 782. The average Bonchev–Trinajstić information content (AvgIpc) is 3.26. The zero-order valence-electron chi connectivity index (χ0n) is 13.6. The molecule has 8 nitrogen and oxygen atoms in total. The molecule has 0 bridgehead atoms. The summed E-state index contributed by atoms with van der Waals surface area (Å²) in [5, 5.41) is 15.3. The molecule has 2 heterocycles. The van der Waals surface area contributed by atoms with E-state index in [9.17, 15) is 4.79 Å². The number of nitrogens with zero attached hydrogens (tertiary/aromatic N) is 6. The van der Waals surface area contributed by atoms with Gasteiger partial charge in [-0.3, -0.25) is 4.79 Å². The number of rotatable bonds is 6. The highest BCUT2D eigenvalue weighted by Crippen LogP contribution is 2.13. The van der Waals surface area contributed by atoms with Crippen LogP contribution in [0.5, 0.6) is 0 Å². The Morgan fingerprint density at radius 3 is 2.75 bits per heavy atom. The fourth-order valence-corrected chi connectivity index (χ4v) is 2.32. The van der Waals surface area contributed by atoms with Gasteiger partial charge in [-0.1, -0.05) is 30.3 Å². The second-order valence-corrected chi connectivity index (χ2v) is 5.64. The molecular formula is C16H19N7O. The van der Waals surface area contributed by atoms with Gasteiger partial charge in [0.15, 0.2) is 0 Å². The Balaban J connectivity index is 1.62. The standard InChI is InChI=1S/C16H19N7O/c1-12(10-22-9-8-17-11-22)18-16(24)13(2)23-20-15(19-21-23)14-6-4-3-5-7-14/h3-9,11-13H,10H2,1-2H3,(H,18,24)/t12-,13+/m1/s1. The Morgan fingerprint density at radius 2 is 2.04 bits per heavy atom. The maximum absolute atomic E-state index is 12.4. The molecule has 0 radical (unpaired) electrons. The van der Waals surface area contributed by atoms with Crippen molar-refractivity contribution in [3.63, 3.8) is 0 Å². The third-order valence-corrected chi connectivity index (χ3v) is 3.62. The Hall–Kier alpha value is -3.03. The van der Waals surface area contributed by atoms with Crippen LogP contribution < -0.4 is 5.32 Å². The third-order valence-electron chi connectivity index (χ3n) is 3.62. The Kier molecular flexibility index (Phi) is 4.64. The SMILES string of the molecule is C[C@H](Cn1ccnc1)NC(=O)[C@H](C)n1nnc(-c2ccccc2)n1. The van der Waals surface area contributed by atoms with Crippen LogP contribution in [0, 0.1) is 0 Å². The molecule has 2 aromatic heterocycles. The number of aromatic nitrogens is 6. The van der Waals surface area contributed by atoms with Crippen molar-refractivity contribution >= 4 is 5.91 Å². The fraction of sp³-hybridized carbons (Fsp3) is 0.312. The third kappa shape index (κ3) is 3.65. The van der Waals surface area contributed by atoms with Gasteiger partial charge in [-0.2, -0.15) is 4.80 Å². The first-order valence-electron chi connectivity index (χ1n) is 7.74. The fourth-order valence-electron chi connectivity index (χ4n) is 2.32. The molecule has 3 rings (SSSR count). The molecule has 8 heteroatoms. The predicted octanol–water partition coefficient (Wildman–Crippen LogP) is 1.30. The molecule has 0 fully saturated rings. The number of hydrogen-bond acceptors (Lipinski definition) is 5. The molecule has 0 aliphatic heterocycles. The van der Waals surface area contributed by atoms with Gasteiger partial charge in [-0.15, -0.1) is 10.2 Å². The summed E-state index contributed by atoms with van der Waals surface area (Å²) in [7, 11) is 0. The lowest BCUT2D eigenvalue weighted by molar-refractivity contribution is -0.125. The molecule has 1 aromatic carbocycles. The molecule has 0 aliphatic carbocycles. The largest absolute Gasteiger partial charge is 0.350 e. The molecule has 0 saturated heterocycles. The van der Waals surface area contributed by atoms with E-state index in [1.165, 1.54) is 4.80 Å². The lowest BCUT2D eigenvalue weighted by atomic mass is 10.2. The van der Waals surface area contributed by atoms with Gasteiger partial charge in [0, 0.05) is 30.5 Å². The second-order valence-electron chi connectivity index (χ2n) is 5.64. The first-order valence-corrected chi connectivity index (χ1v) is 7.74. The number of carbonyl (C=O) groups excluding carboxylic acids is 1. The van der Waals surface area contributed by atoms with Crippen molar-refractivity contribution in [1.29, 1.82) is 0 Å². The van der Waals surface area contributed by atoms with Crippen LogP contribution in [0.2, 0.25) is 0 Å². The van der Waals surface area contributed by atoms with Crippen molar-refractivity contribution < 1.29 is 4.79 Å². The molecule has 0 saturated carbocycles. The van der Waals surface area contributed by atoms with Crippen LogP contribution in [0.15, 0.2) is 49.1 Å². The van der Waals surface area contributed by atoms with E-state index >= 15 is 0 Å². The van der Waals surface area contributed by atoms with E-state index in [1.54, 1.807) is 19.4 Å². The van der Waals surface area contributed by atoms with Crippen molar-refractivity contribution in [2.45, 2.75) is 32.5 Å². The van der Waals surface area contributed by atoms with Crippen molar-refractivity contribution in [1.82, 2.24) is 35.1 Å². The minimum absolute atomic E-state index is 0.0359. The van der Waals surface area contributed by atoms with Gasteiger partial charge in [0.1, 0.15) is 6.04 Å². The first-order chi connectivity index (χ1) is 11.6. The highest BCUT2D eigenvalue weighted by Gasteiger charge is 2.20. The van der Waals surface area contributed by atoms with E-state index in [0.717, 1.165) is 5.56 Å². The summed E-state index contributed by atoms with van der Waals surface area (Å²) in [6, 6.07) is 8.96. The average molecular weight is 325 g/mol. The summed E-state index contributed by atoms with van der Waals surface area (Å²) >= 11 is 0. The molecule has 0 unspecified atom stereocenters. The van der Waals surface area contributed by atoms with Gasteiger partial charge in [0.25, 0.3) is 0 Å². The summed E-state index contributed by atoms with van der Waals surface area (Å²) < 4.78 is 1.91. The molecule has 1 amide bonds. The number of benzene rings is 1. The van der Waals surface area contributed by atoms with Crippen LogP contribution in [0.1, 0.15) is 19.9 Å². The lowest BCUT2D eigenvalue weighted by Crippen LogP contribution is -2.39. The van der Waals surface area contributed by atoms with Crippen LogP contribution in [0.4, 0.5) is 0 Å². The van der Waals surface area contributed by atoms with Crippen LogP contribution in [-0.4, -0.2) is 41.7 Å². The molecule has 124 valence electrons. The van der Waals surface area contributed by atoms with Crippen LogP contribution in [0.3, 0.4) is 0 Å². The van der Waals surface area contributed by atoms with Crippen LogP contribution in [0.25, 0.3) is 11.4 Å². The second kappa shape index (κ2) is 7.03. The van der Waals surface area contributed by atoms with E-state index in [-0.39, 0.29) is 11.9 Å². The normalized spacial score (nSPS) is 13.4. The lowest BCUT2D eigenvalue weighted by Gasteiger charge is -2.17. The van der Waals surface area contributed by atoms with Gasteiger partial charge in [0.2, 0.25) is 11.7 Å². The van der Waals surface area contributed by atoms with E-state index < -0.39 is 6.04 Å². The predicted molar refractivity (Wildman–Crippen MR) is 87.8 cm³/mol. The number of imidazole rings is 1. The molecule has 1 N–H and O–H groups in total. The van der Waals surface area contributed by atoms with Crippen molar-refractivity contribution in [3.8, 4) is 11.4 Å². The van der Waals surface area contributed by atoms with Crippen molar-refractivity contribution in [2.24, 2.45) is 0 Å². The molecular weight excluding hydrogens is 306 g/mol. The van der Waals surface area contributed by atoms with Crippen molar-refractivity contribution in [2.75, 3.05) is 0 Å². The quantitative estimate of drug-likeness (QED) is 0.738. The van der Waals surface area contributed by atoms with Gasteiger partial charge >= 0.3 is 0 Å². The minimum Gasteiger partial charge on any atom is -0.350 e. The number of tetrazole rings is 1. The number of hydrogen-bond donors (Lipinski definition) is 1. The summed E-state index contributed by atoms with van der Waals surface area (Å²) in [5.74, 6) is 0.348. The van der Waals surface area contributed by atoms with Crippen LogP contribution >= 0.6 is 0 Å². The number of carbonyl (C=O) groups is 1. The zero-order valence-corrected chi connectivity index (χ0v) is 13.6. The summed E-state index contributed by atoms with van der Waals surface area (Å²) in [5.41, 5.74) is 0.866. The molecule has 3 aromatic rings.